The largest absolute Gasteiger partial charge is 0.478 e. The number of nitrogens with zero attached hydrogens (tertiary/aromatic N) is 2. The van der Waals surface area contributed by atoms with E-state index >= 15 is 0 Å². The number of hydrogen-bond acceptors (Lipinski definition) is 6. The van der Waals surface area contributed by atoms with Gasteiger partial charge in [-0.2, -0.15) is 0 Å². The molecule has 3 heterocycles. The number of carbonyl (C=O) groups is 1. The fourth-order valence-electron chi connectivity index (χ4n) is 4.73. The third-order valence-electron chi connectivity index (χ3n) is 6.73. The first-order valence-corrected chi connectivity index (χ1v) is 13.2. The van der Waals surface area contributed by atoms with Crippen LogP contribution in [0.3, 0.4) is 0 Å². The van der Waals surface area contributed by atoms with Crippen molar-refractivity contribution in [3.05, 3.63) is 75.8 Å². The number of benzene rings is 2. The van der Waals surface area contributed by atoms with Crippen LogP contribution in [0, 0.1) is 5.82 Å². The van der Waals surface area contributed by atoms with Crippen molar-refractivity contribution in [1.82, 2.24) is 15.2 Å². The van der Waals surface area contributed by atoms with Gasteiger partial charge >= 0.3 is 0 Å². The Hall–Kier alpha value is -3.33. The number of likely N-dealkylation sites (tertiary alicyclic amines) is 1. The summed E-state index contributed by atoms with van der Waals surface area (Å²) in [6, 6.07) is 9.90. The van der Waals surface area contributed by atoms with Crippen LogP contribution in [0.15, 0.2) is 53.3 Å². The molecular formula is C28H27Cl2FN4O3. The number of furan rings is 1. The number of ether oxygens (including phenoxy) is 1. The molecule has 0 bridgehead atoms. The van der Waals surface area contributed by atoms with Gasteiger partial charge in [-0.25, -0.2) is 9.37 Å². The number of fused-ring (bicyclic) bond motifs is 1. The van der Waals surface area contributed by atoms with E-state index in [9.17, 15) is 9.18 Å². The summed E-state index contributed by atoms with van der Waals surface area (Å²) in [5, 5.41) is 3.78. The molecule has 1 aliphatic rings. The summed E-state index contributed by atoms with van der Waals surface area (Å²) in [6.07, 6.45) is 4.84. The quantitative estimate of drug-likeness (QED) is 0.241. The van der Waals surface area contributed by atoms with Gasteiger partial charge in [-0.05, 0) is 62.7 Å². The standard InChI is InChI=1S/C28H27Cl2FN4O3/c1-16(23-21(29)7-8-22(31)24(23)30)38-26-25-19(14-34-27(26)32)20(15-37-25)17-5-4-6-18(13-17)28(36)33-9-12-35-10-2-3-11-35/h4-8,13-16H,2-3,9-12H2,1H3,(H2,32,34)(H,33,36)/t16-/m1/s1. The lowest BCUT2D eigenvalue weighted by Gasteiger charge is -2.18. The summed E-state index contributed by atoms with van der Waals surface area (Å²) in [7, 11) is 0. The molecule has 3 N–H and O–H groups in total. The van der Waals surface area contributed by atoms with Gasteiger partial charge in [0.25, 0.3) is 5.91 Å². The zero-order valence-corrected chi connectivity index (χ0v) is 22.3. The van der Waals surface area contributed by atoms with Crippen molar-refractivity contribution in [3.8, 4) is 16.9 Å². The smallest absolute Gasteiger partial charge is 0.251 e. The molecule has 198 valence electrons. The molecule has 5 rings (SSSR count). The summed E-state index contributed by atoms with van der Waals surface area (Å²) >= 11 is 12.4. The van der Waals surface area contributed by atoms with Gasteiger partial charge in [-0.1, -0.05) is 35.3 Å². The van der Waals surface area contributed by atoms with Crippen molar-refractivity contribution >= 4 is 45.9 Å². The number of carbonyl (C=O) groups excluding carboxylic acids is 1. The molecule has 38 heavy (non-hydrogen) atoms. The Labute approximate surface area is 229 Å². The number of aromatic nitrogens is 1. The molecule has 1 aliphatic heterocycles. The first-order valence-electron chi connectivity index (χ1n) is 12.4. The minimum atomic E-state index is -0.749. The number of nitrogens with one attached hydrogen (secondary N) is 1. The topological polar surface area (TPSA) is 93.6 Å². The number of rotatable bonds is 8. The van der Waals surface area contributed by atoms with E-state index in [1.165, 1.54) is 25.0 Å². The predicted octanol–water partition coefficient (Wildman–Crippen LogP) is 6.49. The summed E-state index contributed by atoms with van der Waals surface area (Å²) in [4.78, 5) is 19.4. The van der Waals surface area contributed by atoms with Gasteiger partial charge in [0.05, 0.1) is 16.7 Å². The Bertz CT molecular complexity index is 1490. The van der Waals surface area contributed by atoms with Crippen molar-refractivity contribution in [1.29, 1.82) is 0 Å². The van der Waals surface area contributed by atoms with Gasteiger partial charge in [0.1, 0.15) is 11.9 Å². The maximum absolute atomic E-state index is 14.1. The Morgan fingerprint density at radius 1 is 1.26 bits per heavy atom. The van der Waals surface area contributed by atoms with E-state index in [4.69, 9.17) is 38.1 Å². The van der Waals surface area contributed by atoms with Crippen LogP contribution >= 0.6 is 23.2 Å². The molecule has 1 fully saturated rings. The Balaban J connectivity index is 1.39. The Morgan fingerprint density at radius 2 is 2.05 bits per heavy atom. The number of nitrogen functional groups attached to an aromatic ring is 1. The van der Waals surface area contributed by atoms with Crippen molar-refractivity contribution in [2.45, 2.75) is 25.9 Å². The van der Waals surface area contributed by atoms with E-state index in [0.717, 1.165) is 30.8 Å². The molecular weight excluding hydrogens is 530 g/mol. The normalized spacial score (nSPS) is 14.6. The van der Waals surface area contributed by atoms with Crippen LogP contribution in [0.25, 0.3) is 22.1 Å². The zero-order chi connectivity index (χ0) is 26.8. The first-order chi connectivity index (χ1) is 18.3. The first kappa shape index (κ1) is 26.3. The van der Waals surface area contributed by atoms with Gasteiger partial charge in [-0.3, -0.25) is 4.79 Å². The van der Waals surface area contributed by atoms with Gasteiger partial charge in [-0.15, -0.1) is 0 Å². The Morgan fingerprint density at radius 3 is 2.84 bits per heavy atom. The van der Waals surface area contributed by atoms with Crippen LogP contribution in [-0.2, 0) is 0 Å². The number of amides is 1. The maximum Gasteiger partial charge on any atom is 0.251 e. The fraction of sp³-hybridized carbons (Fsp3) is 0.286. The van der Waals surface area contributed by atoms with E-state index in [1.54, 1.807) is 31.5 Å². The minimum Gasteiger partial charge on any atom is -0.478 e. The molecule has 2 aromatic carbocycles. The van der Waals surface area contributed by atoms with Crippen LogP contribution < -0.4 is 15.8 Å². The average molecular weight is 557 g/mol. The summed E-state index contributed by atoms with van der Waals surface area (Å²) < 4.78 is 26.0. The summed E-state index contributed by atoms with van der Waals surface area (Å²) in [6.45, 7) is 5.30. The van der Waals surface area contributed by atoms with Crippen LogP contribution in [0.4, 0.5) is 10.2 Å². The molecule has 10 heteroatoms. The van der Waals surface area contributed by atoms with E-state index in [2.05, 4.69) is 15.2 Å². The SMILES string of the molecule is C[C@@H](Oc1c(N)ncc2c(-c3cccc(C(=O)NCCN4CCCC4)c3)coc12)c1c(Cl)ccc(F)c1Cl. The second-order valence-corrected chi connectivity index (χ2v) is 10.1. The number of pyridine rings is 1. The zero-order valence-electron chi connectivity index (χ0n) is 20.8. The molecule has 0 radical (unpaired) electrons. The summed E-state index contributed by atoms with van der Waals surface area (Å²) in [5.74, 6) is -0.456. The van der Waals surface area contributed by atoms with E-state index in [0.29, 0.717) is 28.6 Å². The Kier molecular flexibility index (Phi) is 7.74. The minimum absolute atomic E-state index is 0.0972. The molecule has 0 aliphatic carbocycles. The van der Waals surface area contributed by atoms with Crippen LogP contribution in [0.1, 0.15) is 41.8 Å². The highest BCUT2D eigenvalue weighted by molar-refractivity contribution is 6.36. The van der Waals surface area contributed by atoms with Gasteiger partial charge in [0.2, 0.25) is 5.75 Å². The lowest BCUT2D eigenvalue weighted by atomic mass is 10.0. The van der Waals surface area contributed by atoms with Crippen molar-refractivity contribution in [2.75, 3.05) is 31.9 Å². The van der Waals surface area contributed by atoms with Crippen LogP contribution in [0.2, 0.25) is 10.0 Å². The molecule has 1 saturated heterocycles. The maximum atomic E-state index is 14.1. The fourth-order valence-corrected chi connectivity index (χ4v) is 5.41. The average Bonchev–Trinajstić information content (AvgIpc) is 3.58. The molecule has 0 saturated carbocycles. The van der Waals surface area contributed by atoms with Crippen molar-refractivity contribution < 1.29 is 18.3 Å². The molecule has 2 aromatic heterocycles. The lowest BCUT2D eigenvalue weighted by Crippen LogP contribution is -2.33. The highest BCUT2D eigenvalue weighted by atomic mass is 35.5. The highest BCUT2D eigenvalue weighted by Crippen LogP contribution is 2.41. The van der Waals surface area contributed by atoms with Gasteiger partial charge in [0.15, 0.2) is 11.4 Å². The molecule has 1 atom stereocenters. The van der Waals surface area contributed by atoms with E-state index in [-0.39, 0.29) is 27.5 Å². The third-order valence-corrected chi connectivity index (χ3v) is 7.44. The number of halogens is 3. The van der Waals surface area contributed by atoms with E-state index in [1.807, 2.05) is 12.1 Å². The van der Waals surface area contributed by atoms with Gasteiger partial charge < -0.3 is 25.1 Å². The number of hydrogen-bond donors (Lipinski definition) is 2. The molecule has 1 amide bonds. The molecule has 0 spiro atoms. The monoisotopic (exact) mass is 556 g/mol. The van der Waals surface area contributed by atoms with Gasteiger partial charge in [0, 0.05) is 41.0 Å². The highest BCUT2D eigenvalue weighted by Gasteiger charge is 2.23. The molecule has 7 nitrogen and oxygen atoms in total. The lowest BCUT2D eigenvalue weighted by molar-refractivity contribution is 0.0949. The summed E-state index contributed by atoms with van der Waals surface area (Å²) in [5.41, 5.74) is 8.83. The molecule has 4 aromatic rings. The third kappa shape index (κ3) is 5.29. The van der Waals surface area contributed by atoms with Crippen LogP contribution in [-0.4, -0.2) is 42.0 Å². The second kappa shape index (κ2) is 11.2. The van der Waals surface area contributed by atoms with E-state index < -0.39 is 11.9 Å². The second-order valence-electron chi connectivity index (χ2n) is 9.27. The number of nitrogens with two attached hydrogens (primary N) is 1. The molecule has 0 unspecified atom stereocenters. The number of anilines is 1. The predicted molar refractivity (Wildman–Crippen MR) is 147 cm³/mol. The van der Waals surface area contributed by atoms with Crippen LogP contribution in [0.5, 0.6) is 5.75 Å². The van der Waals surface area contributed by atoms with Crippen molar-refractivity contribution in [3.63, 3.8) is 0 Å². The van der Waals surface area contributed by atoms with Crippen molar-refractivity contribution in [2.24, 2.45) is 0 Å².